The summed E-state index contributed by atoms with van der Waals surface area (Å²) in [7, 11) is 0. The number of Topliss-reactive ketones (excluding diaryl/α,β-unsaturated/α-hetero) is 1. The molecule has 2 aliphatic heterocycles. The van der Waals surface area contributed by atoms with Gasteiger partial charge in [-0.25, -0.2) is 0 Å². The molecular weight excluding hydrogens is 621 g/mol. The third-order valence-corrected chi connectivity index (χ3v) is 12.1. The van der Waals surface area contributed by atoms with Crippen molar-refractivity contribution in [3.8, 4) is 0 Å². The SMILES string of the molecule is C=C1C(=O)C23C(CCC1[C@H]2OC(=O)Cc1ccc(N(CCCl)CCCl)cc1)C12CO[C@@]3(O)[C@@H](O)[C@@H]1C(C)(C)CC[C@@H]2OC(C)=O. The van der Waals surface area contributed by atoms with Crippen molar-refractivity contribution in [2.24, 2.45) is 34.0 Å². The lowest BCUT2D eigenvalue weighted by Gasteiger charge is -2.74. The Hall–Kier alpha value is -2.17. The van der Waals surface area contributed by atoms with E-state index < -0.39 is 75.8 Å². The van der Waals surface area contributed by atoms with Crippen LogP contribution in [0.15, 0.2) is 36.4 Å². The number of rotatable bonds is 9. The highest BCUT2D eigenvalue weighted by Crippen LogP contribution is 2.77. The van der Waals surface area contributed by atoms with Crippen LogP contribution in [0.2, 0.25) is 0 Å². The van der Waals surface area contributed by atoms with Crippen LogP contribution in [0.1, 0.15) is 52.0 Å². The monoisotopic (exact) mass is 663 g/mol. The molecule has 2 saturated heterocycles. The van der Waals surface area contributed by atoms with Gasteiger partial charge in [0.05, 0.1) is 13.0 Å². The number of hydrogen-bond donors (Lipinski definition) is 2. The predicted molar refractivity (Wildman–Crippen MR) is 168 cm³/mol. The maximum absolute atomic E-state index is 14.4. The molecule has 4 unspecified atom stereocenters. The van der Waals surface area contributed by atoms with Gasteiger partial charge in [-0.15, -0.1) is 23.2 Å². The number of ether oxygens (including phenoxy) is 3. The van der Waals surface area contributed by atoms with Crippen molar-refractivity contribution in [3.05, 3.63) is 42.0 Å². The number of hydrogen-bond acceptors (Lipinski definition) is 9. The first kappa shape index (κ1) is 32.8. The number of halogens is 2. The molecule has 9 nitrogen and oxygen atoms in total. The molecule has 2 N–H and O–H groups in total. The number of ketones is 1. The second-order valence-corrected chi connectivity index (χ2v) is 15.0. The van der Waals surface area contributed by atoms with Crippen LogP contribution >= 0.6 is 23.2 Å². The number of benzene rings is 1. The molecule has 45 heavy (non-hydrogen) atoms. The minimum Gasteiger partial charge on any atom is -0.462 e. The number of esters is 2. The molecule has 1 aromatic carbocycles. The van der Waals surface area contributed by atoms with Crippen LogP contribution in [0.4, 0.5) is 5.69 Å². The molecule has 4 aliphatic carbocycles. The van der Waals surface area contributed by atoms with Crippen molar-refractivity contribution in [3.63, 3.8) is 0 Å². The number of carbonyl (C=O) groups excluding carboxylic acids is 3. The lowest BCUT2D eigenvalue weighted by molar-refractivity contribution is -0.458. The van der Waals surface area contributed by atoms with E-state index in [-0.39, 0.29) is 18.6 Å². The first-order chi connectivity index (χ1) is 21.3. The highest BCUT2D eigenvalue weighted by atomic mass is 35.5. The number of carbonyl (C=O) groups is 3. The lowest BCUT2D eigenvalue weighted by Crippen LogP contribution is -2.86. The standard InChI is InChI=1S/C34H43Cl2NO8/c1-19-23-9-10-24-32-18-43-34(42,29(41)27(32)31(3,4)12-11-25(32)44-20(2)38)33(24,28(19)40)30(23)45-26(39)17-21-5-7-22(8-6-21)37(15-13-35)16-14-36/h5-8,23-25,27,29-30,41-42H,1,9-18H2,2-4H3/t23?,24?,25-,27+,29-,30+,32?,33?,34-/m0/s1. The number of nitrogens with zero attached hydrogens (tertiary/aromatic N) is 1. The first-order valence-electron chi connectivity index (χ1n) is 15.9. The van der Waals surface area contributed by atoms with Gasteiger partial charge in [0.2, 0.25) is 5.79 Å². The molecule has 4 bridgehead atoms. The van der Waals surface area contributed by atoms with E-state index in [0.29, 0.717) is 56.1 Å². The average Bonchev–Trinajstić information content (AvgIpc) is 3.09. The minimum atomic E-state index is -2.31. The molecule has 0 amide bonds. The van der Waals surface area contributed by atoms with Gasteiger partial charge in [0.1, 0.15) is 23.7 Å². The van der Waals surface area contributed by atoms with Gasteiger partial charge >= 0.3 is 11.9 Å². The van der Waals surface area contributed by atoms with Crippen LogP contribution < -0.4 is 4.90 Å². The molecule has 6 aliphatic rings. The summed E-state index contributed by atoms with van der Waals surface area (Å²) in [6.07, 6.45) is -1.08. The molecule has 11 heteroatoms. The zero-order chi connectivity index (χ0) is 32.5. The Balaban J connectivity index is 1.35. The van der Waals surface area contributed by atoms with Gasteiger partial charge in [-0.1, -0.05) is 32.6 Å². The van der Waals surface area contributed by atoms with Crippen molar-refractivity contribution in [1.82, 2.24) is 0 Å². The molecule has 1 aromatic rings. The van der Waals surface area contributed by atoms with E-state index in [9.17, 15) is 24.6 Å². The summed E-state index contributed by atoms with van der Waals surface area (Å²) in [4.78, 5) is 42.5. The smallest absolute Gasteiger partial charge is 0.310 e. The molecule has 4 saturated carbocycles. The Morgan fingerprint density at radius 2 is 1.76 bits per heavy atom. The van der Waals surface area contributed by atoms with Gasteiger partial charge in [0.25, 0.3) is 0 Å². The number of anilines is 1. The van der Waals surface area contributed by atoms with Crippen molar-refractivity contribution < 1.29 is 38.8 Å². The van der Waals surface area contributed by atoms with E-state index in [1.165, 1.54) is 6.92 Å². The Morgan fingerprint density at radius 3 is 2.38 bits per heavy atom. The molecule has 2 heterocycles. The number of aliphatic hydroxyl groups is 2. The molecule has 246 valence electrons. The summed E-state index contributed by atoms with van der Waals surface area (Å²) < 4.78 is 18.4. The fourth-order valence-electron chi connectivity index (χ4n) is 10.1. The van der Waals surface area contributed by atoms with Crippen LogP contribution in [0.25, 0.3) is 0 Å². The second-order valence-electron chi connectivity index (χ2n) is 14.2. The highest BCUT2D eigenvalue weighted by Gasteiger charge is 2.88. The molecule has 0 radical (unpaired) electrons. The molecule has 9 atom stereocenters. The van der Waals surface area contributed by atoms with Crippen molar-refractivity contribution in [2.75, 3.05) is 36.4 Å². The Labute approximate surface area is 274 Å². The highest BCUT2D eigenvalue weighted by molar-refractivity contribution is 6.18. The first-order valence-corrected chi connectivity index (χ1v) is 17.0. The largest absolute Gasteiger partial charge is 0.462 e. The van der Waals surface area contributed by atoms with Crippen molar-refractivity contribution in [1.29, 1.82) is 0 Å². The number of alkyl halides is 2. The van der Waals surface area contributed by atoms with Crippen LogP contribution in [-0.2, 0) is 35.0 Å². The van der Waals surface area contributed by atoms with Crippen molar-refractivity contribution >= 4 is 46.6 Å². The van der Waals surface area contributed by atoms with Gasteiger partial charge in [-0.3, -0.25) is 14.4 Å². The molecular formula is C34H43Cl2NO8. The molecule has 2 spiro atoms. The van der Waals surface area contributed by atoms with Gasteiger partial charge in [-0.2, -0.15) is 0 Å². The third-order valence-electron chi connectivity index (χ3n) is 11.7. The Morgan fingerprint density at radius 1 is 1.09 bits per heavy atom. The average molecular weight is 665 g/mol. The summed E-state index contributed by atoms with van der Waals surface area (Å²) in [5, 5.41) is 24.5. The summed E-state index contributed by atoms with van der Waals surface area (Å²) in [5.74, 6) is -4.50. The van der Waals surface area contributed by atoms with E-state index in [0.717, 1.165) is 5.69 Å². The van der Waals surface area contributed by atoms with Gasteiger partial charge < -0.3 is 29.3 Å². The van der Waals surface area contributed by atoms with E-state index in [4.69, 9.17) is 37.4 Å². The zero-order valence-corrected chi connectivity index (χ0v) is 27.6. The molecule has 6 fully saturated rings. The van der Waals surface area contributed by atoms with Crippen LogP contribution in [0.3, 0.4) is 0 Å². The van der Waals surface area contributed by atoms with E-state index in [2.05, 4.69) is 11.5 Å². The topological polar surface area (TPSA) is 123 Å². The van der Waals surface area contributed by atoms with Crippen LogP contribution in [-0.4, -0.2) is 83.5 Å². The lowest BCUT2D eigenvalue weighted by atomic mass is 9.35. The maximum atomic E-state index is 14.4. The Bertz CT molecular complexity index is 1380. The number of fused-ring (bicyclic) bond motifs is 2. The second kappa shape index (κ2) is 11.5. The summed E-state index contributed by atoms with van der Waals surface area (Å²) in [6.45, 7) is 10.8. The molecule has 0 aromatic heterocycles. The fourth-order valence-corrected chi connectivity index (χ4v) is 10.5. The Kier molecular flexibility index (Phi) is 8.38. The van der Waals surface area contributed by atoms with E-state index >= 15 is 0 Å². The summed E-state index contributed by atoms with van der Waals surface area (Å²) >= 11 is 11.9. The van der Waals surface area contributed by atoms with Gasteiger partial charge in [0, 0.05) is 54.7 Å². The van der Waals surface area contributed by atoms with E-state index in [1.54, 1.807) is 0 Å². The molecule has 7 rings (SSSR count). The van der Waals surface area contributed by atoms with Crippen LogP contribution in [0.5, 0.6) is 0 Å². The fraction of sp³-hybridized carbons (Fsp3) is 0.676. The summed E-state index contributed by atoms with van der Waals surface area (Å²) in [6, 6.07) is 7.48. The number of aliphatic hydroxyl groups excluding tert-OH is 1. The predicted octanol–water partition coefficient (Wildman–Crippen LogP) is 4.02. The zero-order valence-electron chi connectivity index (χ0n) is 26.1. The van der Waals surface area contributed by atoms with Gasteiger partial charge in [-0.05, 0) is 60.3 Å². The normalized spacial score (nSPS) is 39.2. The van der Waals surface area contributed by atoms with Gasteiger partial charge in [0.15, 0.2) is 5.78 Å². The van der Waals surface area contributed by atoms with Crippen molar-refractivity contribution in [2.45, 2.75) is 77.0 Å². The third kappa shape index (κ3) is 4.55. The minimum absolute atomic E-state index is 0.0148. The quantitative estimate of drug-likeness (QED) is 0.229. The van der Waals surface area contributed by atoms with Crippen LogP contribution in [0, 0.1) is 34.0 Å². The maximum Gasteiger partial charge on any atom is 0.310 e. The van der Waals surface area contributed by atoms with E-state index in [1.807, 2.05) is 38.1 Å². The summed E-state index contributed by atoms with van der Waals surface area (Å²) in [5.41, 5.74) is -1.29.